The molecule has 0 unspecified atom stereocenters. The lowest BCUT2D eigenvalue weighted by atomic mass is 10.1. The molecule has 0 aliphatic heterocycles. The van der Waals surface area contributed by atoms with Gasteiger partial charge in [-0.05, 0) is 24.1 Å². The zero-order valence-electron chi connectivity index (χ0n) is 10.4. The smallest absolute Gasteiger partial charge is 0.0462 e. The summed E-state index contributed by atoms with van der Waals surface area (Å²) in [4.78, 5) is 3.46. The van der Waals surface area contributed by atoms with Crippen LogP contribution >= 0.6 is 0 Å². The zero-order chi connectivity index (χ0) is 12.4. The van der Waals surface area contributed by atoms with E-state index in [1.54, 1.807) is 0 Å². The highest BCUT2D eigenvalue weighted by Crippen LogP contribution is 2.28. The molecule has 1 N–H and O–H groups in total. The summed E-state index contributed by atoms with van der Waals surface area (Å²) >= 11 is 0. The monoisotopic (exact) mass is 233 g/mol. The first-order valence-corrected chi connectivity index (χ1v) is 6.15. The van der Waals surface area contributed by atoms with Gasteiger partial charge in [0.1, 0.15) is 0 Å². The van der Waals surface area contributed by atoms with Crippen LogP contribution in [0.4, 0.5) is 0 Å². The molecule has 0 spiro atoms. The van der Waals surface area contributed by atoms with E-state index < -0.39 is 0 Å². The lowest BCUT2D eigenvalue weighted by Crippen LogP contribution is -1.77. The summed E-state index contributed by atoms with van der Waals surface area (Å²) in [5.74, 6) is 0. The minimum atomic E-state index is 1.17. The highest BCUT2D eigenvalue weighted by molar-refractivity contribution is 5.74. The average molecular weight is 233 g/mol. The molecule has 0 fully saturated rings. The molecular weight excluding hydrogens is 218 g/mol. The summed E-state index contributed by atoms with van der Waals surface area (Å²) in [7, 11) is 0. The Morgan fingerprint density at radius 1 is 0.722 bits per heavy atom. The van der Waals surface area contributed by atoms with Crippen molar-refractivity contribution in [2.75, 3.05) is 0 Å². The van der Waals surface area contributed by atoms with Gasteiger partial charge in [0, 0.05) is 17.0 Å². The highest BCUT2D eigenvalue weighted by atomic mass is 14.7. The first-order valence-electron chi connectivity index (χ1n) is 6.15. The Hall–Kier alpha value is -2.28. The van der Waals surface area contributed by atoms with Crippen LogP contribution in [-0.2, 0) is 0 Å². The van der Waals surface area contributed by atoms with Gasteiger partial charge in [0.25, 0.3) is 0 Å². The summed E-state index contributed by atoms with van der Waals surface area (Å²) < 4.78 is 0. The highest BCUT2D eigenvalue weighted by Gasteiger charge is 2.07. The van der Waals surface area contributed by atoms with Crippen LogP contribution in [0.1, 0.15) is 5.69 Å². The maximum absolute atomic E-state index is 3.46. The molecule has 0 bridgehead atoms. The van der Waals surface area contributed by atoms with Gasteiger partial charge in [-0.3, -0.25) is 0 Å². The SMILES string of the molecule is Cc1[nH]c(-c2ccccc2)cc1-c1ccccc1. The molecule has 1 nitrogen and oxygen atoms in total. The molecule has 88 valence electrons. The van der Waals surface area contributed by atoms with Gasteiger partial charge < -0.3 is 4.98 Å². The number of hydrogen-bond donors (Lipinski definition) is 1. The molecule has 1 aromatic heterocycles. The molecule has 3 rings (SSSR count). The molecule has 3 aromatic rings. The Kier molecular flexibility index (Phi) is 2.73. The van der Waals surface area contributed by atoms with E-state index in [0.717, 1.165) is 0 Å². The number of aromatic nitrogens is 1. The van der Waals surface area contributed by atoms with Gasteiger partial charge >= 0.3 is 0 Å². The summed E-state index contributed by atoms with van der Waals surface area (Å²) in [6.07, 6.45) is 0. The number of rotatable bonds is 2. The van der Waals surface area contributed by atoms with Gasteiger partial charge in [-0.25, -0.2) is 0 Å². The minimum absolute atomic E-state index is 1.17. The molecule has 0 aliphatic carbocycles. The van der Waals surface area contributed by atoms with Crippen LogP contribution in [0.25, 0.3) is 22.4 Å². The zero-order valence-corrected chi connectivity index (χ0v) is 10.4. The number of hydrogen-bond acceptors (Lipinski definition) is 0. The number of aryl methyl sites for hydroxylation is 1. The molecule has 1 heteroatoms. The second kappa shape index (κ2) is 4.53. The Morgan fingerprint density at radius 2 is 1.28 bits per heavy atom. The molecule has 0 saturated carbocycles. The summed E-state index contributed by atoms with van der Waals surface area (Å²) in [6, 6.07) is 23.1. The third-order valence-corrected chi connectivity index (χ3v) is 3.18. The summed E-state index contributed by atoms with van der Waals surface area (Å²) in [6.45, 7) is 2.12. The molecule has 0 aliphatic rings. The molecule has 0 radical (unpaired) electrons. The van der Waals surface area contributed by atoms with Crippen LogP contribution in [0.15, 0.2) is 66.7 Å². The summed E-state index contributed by atoms with van der Waals surface area (Å²) in [5.41, 5.74) is 6.14. The molecule has 18 heavy (non-hydrogen) atoms. The first kappa shape index (κ1) is 10.8. The third kappa shape index (κ3) is 1.95. The fourth-order valence-corrected chi connectivity index (χ4v) is 2.25. The topological polar surface area (TPSA) is 15.8 Å². The quantitative estimate of drug-likeness (QED) is 0.662. The van der Waals surface area contributed by atoms with Gasteiger partial charge in [0.2, 0.25) is 0 Å². The maximum Gasteiger partial charge on any atom is 0.0462 e. The minimum Gasteiger partial charge on any atom is -0.358 e. The van der Waals surface area contributed by atoms with Crippen LogP contribution in [0, 0.1) is 6.92 Å². The van der Waals surface area contributed by atoms with Gasteiger partial charge in [-0.2, -0.15) is 0 Å². The standard InChI is InChI=1S/C17H15N/c1-13-16(14-8-4-2-5-9-14)12-17(18-13)15-10-6-3-7-11-15/h2-12,18H,1H3. The van der Waals surface area contributed by atoms with E-state index in [-0.39, 0.29) is 0 Å². The Morgan fingerprint density at radius 3 is 1.89 bits per heavy atom. The van der Waals surface area contributed by atoms with Crippen LogP contribution in [0.5, 0.6) is 0 Å². The Labute approximate surface area is 107 Å². The molecule has 2 aromatic carbocycles. The van der Waals surface area contributed by atoms with Gasteiger partial charge in [-0.15, -0.1) is 0 Å². The number of aromatic amines is 1. The van der Waals surface area contributed by atoms with Crippen molar-refractivity contribution >= 4 is 0 Å². The largest absolute Gasteiger partial charge is 0.358 e. The number of benzene rings is 2. The normalized spacial score (nSPS) is 10.5. The van der Waals surface area contributed by atoms with Crippen LogP contribution in [0.3, 0.4) is 0 Å². The maximum atomic E-state index is 3.46. The first-order chi connectivity index (χ1) is 8.84. The second-order valence-corrected chi connectivity index (χ2v) is 4.45. The van der Waals surface area contributed by atoms with Crippen molar-refractivity contribution in [2.24, 2.45) is 0 Å². The van der Waals surface area contributed by atoms with E-state index in [1.165, 1.54) is 28.1 Å². The molecule has 0 amide bonds. The number of H-pyrrole nitrogens is 1. The number of nitrogens with one attached hydrogen (secondary N) is 1. The van der Waals surface area contributed by atoms with Crippen molar-refractivity contribution in [3.05, 3.63) is 72.4 Å². The molecule has 1 heterocycles. The predicted molar refractivity (Wildman–Crippen MR) is 76.4 cm³/mol. The fraction of sp³-hybridized carbons (Fsp3) is 0.0588. The van der Waals surface area contributed by atoms with Crippen molar-refractivity contribution in [3.63, 3.8) is 0 Å². The molecule has 0 saturated heterocycles. The molecule has 0 atom stereocenters. The van der Waals surface area contributed by atoms with E-state index in [2.05, 4.69) is 66.5 Å². The van der Waals surface area contributed by atoms with E-state index in [4.69, 9.17) is 0 Å². The van der Waals surface area contributed by atoms with Crippen LogP contribution < -0.4 is 0 Å². The van der Waals surface area contributed by atoms with Crippen molar-refractivity contribution in [1.82, 2.24) is 4.98 Å². The average Bonchev–Trinajstić information content (AvgIpc) is 2.83. The van der Waals surface area contributed by atoms with E-state index in [1.807, 2.05) is 12.1 Å². The third-order valence-electron chi connectivity index (χ3n) is 3.18. The predicted octanol–water partition coefficient (Wildman–Crippen LogP) is 4.66. The van der Waals surface area contributed by atoms with Gasteiger partial charge in [-0.1, -0.05) is 60.7 Å². The van der Waals surface area contributed by atoms with Crippen LogP contribution in [-0.4, -0.2) is 4.98 Å². The Balaban J connectivity index is 2.07. The van der Waals surface area contributed by atoms with Crippen molar-refractivity contribution in [2.45, 2.75) is 6.92 Å². The molecular formula is C17H15N. The summed E-state index contributed by atoms with van der Waals surface area (Å²) in [5, 5.41) is 0. The van der Waals surface area contributed by atoms with E-state index >= 15 is 0 Å². The lowest BCUT2D eigenvalue weighted by molar-refractivity contribution is 1.27. The lowest BCUT2D eigenvalue weighted by Gasteiger charge is -1.98. The van der Waals surface area contributed by atoms with Crippen LogP contribution in [0.2, 0.25) is 0 Å². The van der Waals surface area contributed by atoms with Crippen molar-refractivity contribution < 1.29 is 0 Å². The Bertz CT molecular complexity index is 636. The van der Waals surface area contributed by atoms with E-state index in [0.29, 0.717) is 0 Å². The van der Waals surface area contributed by atoms with Crippen molar-refractivity contribution in [3.8, 4) is 22.4 Å². The second-order valence-electron chi connectivity index (χ2n) is 4.45. The van der Waals surface area contributed by atoms with Gasteiger partial charge in [0.15, 0.2) is 0 Å². The fourth-order valence-electron chi connectivity index (χ4n) is 2.25. The van der Waals surface area contributed by atoms with E-state index in [9.17, 15) is 0 Å². The van der Waals surface area contributed by atoms with Gasteiger partial charge in [0.05, 0.1) is 0 Å². The van der Waals surface area contributed by atoms with Crippen molar-refractivity contribution in [1.29, 1.82) is 0 Å².